The number of unbranched alkanes of at least 4 members (excludes halogenated alkanes) is 1. The Bertz CT molecular complexity index is 332. The van der Waals surface area contributed by atoms with Gasteiger partial charge in [-0.25, -0.2) is 0 Å². The Labute approximate surface area is 83.0 Å². The van der Waals surface area contributed by atoms with Crippen molar-refractivity contribution in [2.45, 2.75) is 26.2 Å². The maximum atomic E-state index is 10.5. The van der Waals surface area contributed by atoms with Gasteiger partial charge in [0.1, 0.15) is 11.5 Å². The molecule has 0 amide bonds. The Hall–Kier alpha value is -1.51. The molecule has 0 atom stereocenters. The third-order valence-corrected chi connectivity index (χ3v) is 2.13. The second-order valence-corrected chi connectivity index (χ2v) is 3.26. The molecule has 3 nitrogen and oxygen atoms in total. The maximum Gasteiger partial charge on any atom is 0.153 e. The van der Waals surface area contributed by atoms with Gasteiger partial charge in [-0.1, -0.05) is 13.3 Å². The molecular formula is C11H14O3. The lowest BCUT2D eigenvalue weighted by molar-refractivity contribution is 0.112. The number of aromatic hydroxyl groups is 2. The fourth-order valence-electron chi connectivity index (χ4n) is 1.35. The first-order valence-electron chi connectivity index (χ1n) is 4.69. The Morgan fingerprint density at radius 3 is 2.64 bits per heavy atom. The third kappa shape index (κ3) is 2.25. The number of hydrogen-bond acceptors (Lipinski definition) is 3. The van der Waals surface area contributed by atoms with E-state index in [1.807, 2.05) is 6.92 Å². The van der Waals surface area contributed by atoms with Crippen LogP contribution in [-0.4, -0.2) is 16.5 Å². The second kappa shape index (κ2) is 4.65. The molecule has 0 spiro atoms. The molecular weight excluding hydrogens is 180 g/mol. The van der Waals surface area contributed by atoms with Crippen LogP contribution in [0.5, 0.6) is 11.5 Å². The van der Waals surface area contributed by atoms with Gasteiger partial charge >= 0.3 is 0 Å². The standard InChI is InChI=1S/C11H14O3/c1-2-3-4-8-5-10(13)6-9(7-12)11(8)14/h5-7,13-14H,2-4H2,1H3. The van der Waals surface area contributed by atoms with E-state index in [1.165, 1.54) is 12.1 Å². The highest BCUT2D eigenvalue weighted by atomic mass is 16.3. The van der Waals surface area contributed by atoms with Gasteiger partial charge in [-0.3, -0.25) is 4.79 Å². The highest BCUT2D eigenvalue weighted by molar-refractivity contribution is 5.80. The van der Waals surface area contributed by atoms with Crippen molar-refractivity contribution >= 4 is 6.29 Å². The van der Waals surface area contributed by atoms with Gasteiger partial charge in [-0.2, -0.15) is 0 Å². The van der Waals surface area contributed by atoms with E-state index >= 15 is 0 Å². The molecule has 76 valence electrons. The molecule has 0 aromatic heterocycles. The number of aldehydes is 1. The zero-order valence-electron chi connectivity index (χ0n) is 8.16. The molecule has 2 N–H and O–H groups in total. The summed E-state index contributed by atoms with van der Waals surface area (Å²) < 4.78 is 0. The lowest BCUT2D eigenvalue weighted by atomic mass is 10.0. The SMILES string of the molecule is CCCCc1cc(O)cc(C=O)c1O. The molecule has 0 aliphatic rings. The first kappa shape index (κ1) is 10.6. The molecule has 0 saturated carbocycles. The summed E-state index contributed by atoms with van der Waals surface area (Å²) in [6.07, 6.45) is 3.16. The molecule has 1 aromatic carbocycles. The molecule has 0 aliphatic heterocycles. The smallest absolute Gasteiger partial charge is 0.153 e. The topological polar surface area (TPSA) is 57.5 Å². The Morgan fingerprint density at radius 2 is 2.07 bits per heavy atom. The maximum absolute atomic E-state index is 10.5. The van der Waals surface area contributed by atoms with E-state index in [9.17, 15) is 15.0 Å². The van der Waals surface area contributed by atoms with E-state index in [-0.39, 0.29) is 17.1 Å². The second-order valence-electron chi connectivity index (χ2n) is 3.26. The first-order valence-corrected chi connectivity index (χ1v) is 4.69. The van der Waals surface area contributed by atoms with Gasteiger partial charge in [0.25, 0.3) is 0 Å². The number of benzene rings is 1. The van der Waals surface area contributed by atoms with Crippen molar-refractivity contribution in [3.63, 3.8) is 0 Å². The van der Waals surface area contributed by atoms with Gasteiger partial charge in [0.05, 0.1) is 5.56 Å². The molecule has 0 heterocycles. The number of phenolic OH excluding ortho intramolecular Hbond substituents is 2. The minimum Gasteiger partial charge on any atom is -0.508 e. The molecule has 1 rings (SSSR count). The summed E-state index contributed by atoms with van der Waals surface area (Å²) in [6.45, 7) is 2.04. The van der Waals surface area contributed by atoms with Crippen LogP contribution >= 0.6 is 0 Å². The number of carbonyl (C=O) groups is 1. The number of aryl methyl sites for hydroxylation is 1. The van der Waals surface area contributed by atoms with E-state index in [0.29, 0.717) is 18.3 Å². The zero-order chi connectivity index (χ0) is 10.6. The lowest BCUT2D eigenvalue weighted by Crippen LogP contribution is -1.90. The third-order valence-electron chi connectivity index (χ3n) is 2.13. The van der Waals surface area contributed by atoms with E-state index in [1.54, 1.807) is 0 Å². The van der Waals surface area contributed by atoms with Crippen LogP contribution in [-0.2, 0) is 6.42 Å². The van der Waals surface area contributed by atoms with Crippen molar-refractivity contribution in [3.8, 4) is 11.5 Å². The first-order chi connectivity index (χ1) is 6.69. The zero-order valence-corrected chi connectivity index (χ0v) is 8.16. The van der Waals surface area contributed by atoms with Crippen LogP contribution in [0.2, 0.25) is 0 Å². The summed E-state index contributed by atoms with van der Waals surface area (Å²) in [5, 5.41) is 18.9. The Morgan fingerprint density at radius 1 is 1.36 bits per heavy atom. The summed E-state index contributed by atoms with van der Waals surface area (Å²) in [5.74, 6) is 0.0160. The highest BCUT2D eigenvalue weighted by Crippen LogP contribution is 2.27. The fourth-order valence-corrected chi connectivity index (χ4v) is 1.35. The molecule has 0 aliphatic carbocycles. The van der Waals surface area contributed by atoms with Crippen LogP contribution in [0, 0.1) is 0 Å². The van der Waals surface area contributed by atoms with Crippen LogP contribution in [0.15, 0.2) is 12.1 Å². The van der Waals surface area contributed by atoms with Gasteiger partial charge in [-0.15, -0.1) is 0 Å². The van der Waals surface area contributed by atoms with Gasteiger partial charge < -0.3 is 10.2 Å². The quantitative estimate of drug-likeness (QED) is 0.571. The number of phenols is 2. The predicted molar refractivity (Wildman–Crippen MR) is 53.8 cm³/mol. The fraction of sp³-hybridized carbons (Fsp3) is 0.364. The molecule has 0 radical (unpaired) electrons. The Kier molecular flexibility index (Phi) is 3.51. The van der Waals surface area contributed by atoms with Crippen molar-refractivity contribution in [3.05, 3.63) is 23.3 Å². The molecule has 14 heavy (non-hydrogen) atoms. The van der Waals surface area contributed by atoms with E-state index in [0.717, 1.165) is 12.8 Å². The summed E-state index contributed by atoms with van der Waals surface area (Å²) in [6, 6.07) is 2.76. The Balaban J connectivity index is 3.02. The van der Waals surface area contributed by atoms with Gasteiger partial charge in [0.15, 0.2) is 6.29 Å². The van der Waals surface area contributed by atoms with Crippen molar-refractivity contribution < 1.29 is 15.0 Å². The molecule has 3 heteroatoms. The monoisotopic (exact) mass is 194 g/mol. The molecule has 0 fully saturated rings. The average molecular weight is 194 g/mol. The predicted octanol–water partition coefficient (Wildman–Crippen LogP) is 2.25. The summed E-state index contributed by atoms with van der Waals surface area (Å²) in [7, 11) is 0. The van der Waals surface area contributed by atoms with Crippen LogP contribution in [0.3, 0.4) is 0 Å². The normalized spacial score (nSPS) is 10.1. The molecule has 0 bridgehead atoms. The summed E-state index contributed by atoms with van der Waals surface area (Å²) in [4.78, 5) is 10.5. The molecule has 0 unspecified atom stereocenters. The van der Waals surface area contributed by atoms with Crippen molar-refractivity contribution in [1.29, 1.82) is 0 Å². The van der Waals surface area contributed by atoms with Gasteiger partial charge in [0, 0.05) is 0 Å². The van der Waals surface area contributed by atoms with Crippen LogP contribution in [0.25, 0.3) is 0 Å². The van der Waals surface area contributed by atoms with Crippen molar-refractivity contribution in [2.24, 2.45) is 0 Å². The largest absolute Gasteiger partial charge is 0.508 e. The summed E-state index contributed by atoms with van der Waals surface area (Å²) >= 11 is 0. The minimum atomic E-state index is -0.00810. The van der Waals surface area contributed by atoms with Crippen LogP contribution in [0.4, 0.5) is 0 Å². The van der Waals surface area contributed by atoms with Crippen molar-refractivity contribution in [2.75, 3.05) is 0 Å². The van der Waals surface area contributed by atoms with E-state index in [4.69, 9.17) is 0 Å². The van der Waals surface area contributed by atoms with E-state index < -0.39 is 0 Å². The molecule has 0 saturated heterocycles. The average Bonchev–Trinajstić information content (AvgIpc) is 2.18. The van der Waals surface area contributed by atoms with E-state index in [2.05, 4.69) is 0 Å². The minimum absolute atomic E-state index is 0.00810. The van der Waals surface area contributed by atoms with Gasteiger partial charge in [0.2, 0.25) is 0 Å². The lowest BCUT2D eigenvalue weighted by Gasteiger charge is -2.06. The van der Waals surface area contributed by atoms with Gasteiger partial charge in [-0.05, 0) is 30.5 Å². The van der Waals surface area contributed by atoms with Crippen molar-refractivity contribution in [1.82, 2.24) is 0 Å². The molecule has 1 aromatic rings. The number of hydrogen-bond donors (Lipinski definition) is 2. The number of rotatable bonds is 4. The van der Waals surface area contributed by atoms with Crippen LogP contribution in [0.1, 0.15) is 35.7 Å². The number of carbonyl (C=O) groups excluding carboxylic acids is 1. The van der Waals surface area contributed by atoms with Crippen LogP contribution < -0.4 is 0 Å². The summed E-state index contributed by atoms with van der Waals surface area (Å²) in [5.41, 5.74) is 0.782. The highest BCUT2D eigenvalue weighted by Gasteiger charge is 2.08.